The van der Waals surface area contributed by atoms with Gasteiger partial charge in [0.15, 0.2) is 0 Å². The first kappa shape index (κ1) is 20.8. The maximum atomic E-state index is 12.0. The average Bonchev–Trinajstić information content (AvgIpc) is 2.68. The van der Waals surface area contributed by atoms with Crippen LogP contribution in [0.15, 0.2) is 65.6 Å². The van der Waals surface area contributed by atoms with Gasteiger partial charge in [0.2, 0.25) is 15.9 Å². The Bertz CT molecular complexity index is 863. The number of sulfonamides is 1. The summed E-state index contributed by atoms with van der Waals surface area (Å²) in [6.07, 6.45) is 2.81. The highest BCUT2D eigenvalue weighted by atomic mass is 32.2. The summed E-state index contributed by atoms with van der Waals surface area (Å²) >= 11 is 0. The van der Waals surface area contributed by atoms with E-state index in [1.54, 1.807) is 32.2 Å². The van der Waals surface area contributed by atoms with Gasteiger partial charge in [0, 0.05) is 26.3 Å². The molecule has 0 aliphatic rings. The Morgan fingerprint density at radius 3 is 2.37 bits per heavy atom. The SMILES string of the molecule is CCNS(=O)(=O)c1ccc(/C=C/C(=O)NCC(OC)c2ccccc2)cc1. The first-order valence-corrected chi connectivity index (χ1v) is 10.1. The molecule has 27 heavy (non-hydrogen) atoms. The lowest BCUT2D eigenvalue weighted by Crippen LogP contribution is -2.27. The van der Waals surface area contributed by atoms with Crippen molar-refractivity contribution in [2.45, 2.75) is 17.9 Å². The molecule has 6 nitrogen and oxygen atoms in total. The number of hydrogen-bond donors (Lipinski definition) is 2. The van der Waals surface area contributed by atoms with Gasteiger partial charge in [0.25, 0.3) is 0 Å². The van der Waals surface area contributed by atoms with Gasteiger partial charge in [-0.05, 0) is 29.3 Å². The van der Waals surface area contributed by atoms with E-state index in [-0.39, 0.29) is 16.9 Å². The van der Waals surface area contributed by atoms with Crippen LogP contribution in [0.4, 0.5) is 0 Å². The lowest BCUT2D eigenvalue weighted by atomic mass is 10.1. The molecule has 0 heterocycles. The summed E-state index contributed by atoms with van der Waals surface area (Å²) in [6, 6.07) is 16.0. The van der Waals surface area contributed by atoms with E-state index in [9.17, 15) is 13.2 Å². The summed E-state index contributed by atoms with van der Waals surface area (Å²) in [6.45, 7) is 2.40. The summed E-state index contributed by atoms with van der Waals surface area (Å²) in [5, 5.41) is 2.80. The zero-order valence-corrected chi connectivity index (χ0v) is 16.2. The van der Waals surface area contributed by atoms with Gasteiger partial charge in [-0.25, -0.2) is 13.1 Å². The molecule has 0 aliphatic carbocycles. The van der Waals surface area contributed by atoms with Crippen LogP contribution < -0.4 is 10.0 Å². The molecule has 0 aliphatic heterocycles. The minimum atomic E-state index is -3.47. The predicted octanol–water partition coefficient (Wildman–Crippen LogP) is 2.50. The van der Waals surface area contributed by atoms with E-state index in [1.165, 1.54) is 18.2 Å². The summed E-state index contributed by atoms with van der Waals surface area (Å²) in [5.74, 6) is -0.252. The van der Waals surface area contributed by atoms with Gasteiger partial charge >= 0.3 is 0 Å². The van der Waals surface area contributed by atoms with Crippen molar-refractivity contribution in [1.29, 1.82) is 0 Å². The molecule has 0 bridgehead atoms. The van der Waals surface area contributed by atoms with Gasteiger partial charge in [-0.15, -0.1) is 0 Å². The van der Waals surface area contributed by atoms with Crippen LogP contribution in [0.1, 0.15) is 24.2 Å². The second-order valence-corrected chi connectivity index (χ2v) is 7.55. The quantitative estimate of drug-likeness (QED) is 0.647. The molecule has 0 saturated carbocycles. The molecule has 0 radical (unpaired) electrons. The minimum absolute atomic E-state index is 0.191. The fourth-order valence-corrected chi connectivity index (χ4v) is 3.50. The summed E-state index contributed by atoms with van der Waals surface area (Å²) in [7, 11) is -1.87. The molecule has 0 aromatic heterocycles. The second kappa shape index (κ2) is 10.0. The number of rotatable bonds is 9. The van der Waals surface area contributed by atoms with Crippen molar-refractivity contribution in [3.8, 4) is 0 Å². The lowest BCUT2D eigenvalue weighted by molar-refractivity contribution is -0.117. The van der Waals surface area contributed by atoms with Crippen molar-refractivity contribution in [2.24, 2.45) is 0 Å². The van der Waals surface area contributed by atoms with Gasteiger partial charge in [-0.3, -0.25) is 4.79 Å². The molecule has 0 fully saturated rings. The molecular formula is C20H24N2O4S. The van der Waals surface area contributed by atoms with Gasteiger partial charge in [-0.1, -0.05) is 49.4 Å². The van der Waals surface area contributed by atoms with Crippen molar-refractivity contribution in [3.63, 3.8) is 0 Å². The van der Waals surface area contributed by atoms with Crippen LogP contribution in [0.5, 0.6) is 0 Å². The van der Waals surface area contributed by atoms with Crippen LogP contribution in [0.2, 0.25) is 0 Å². The van der Waals surface area contributed by atoms with Crippen LogP contribution in [0.25, 0.3) is 6.08 Å². The van der Waals surface area contributed by atoms with Crippen molar-refractivity contribution in [1.82, 2.24) is 10.0 Å². The Hall–Kier alpha value is -2.48. The largest absolute Gasteiger partial charge is 0.375 e. The van der Waals surface area contributed by atoms with Crippen molar-refractivity contribution < 1.29 is 17.9 Å². The van der Waals surface area contributed by atoms with E-state index in [0.717, 1.165) is 11.1 Å². The van der Waals surface area contributed by atoms with E-state index < -0.39 is 10.0 Å². The molecule has 144 valence electrons. The molecule has 7 heteroatoms. The fraction of sp³-hybridized carbons (Fsp3) is 0.250. The number of carbonyl (C=O) groups excluding carboxylic acids is 1. The minimum Gasteiger partial charge on any atom is -0.375 e. The van der Waals surface area contributed by atoms with Crippen molar-refractivity contribution in [2.75, 3.05) is 20.2 Å². The monoisotopic (exact) mass is 388 g/mol. The van der Waals surface area contributed by atoms with Crippen LogP contribution in [0, 0.1) is 0 Å². The average molecular weight is 388 g/mol. The van der Waals surface area contributed by atoms with E-state index in [2.05, 4.69) is 10.0 Å². The third-order valence-electron chi connectivity index (χ3n) is 3.87. The number of benzene rings is 2. The van der Waals surface area contributed by atoms with Crippen LogP contribution in [-0.4, -0.2) is 34.5 Å². The number of methoxy groups -OCH3 is 1. The van der Waals surface area contributed by atoms with Gasteiger partial charge < -0.3 is 10.1 Å². The van der Waals surface area contributed by atoms with Crippen LogP contribution >= 0.6 is 0 Å². The van der Waals surface area contributed by atoms with Crippen molar-refractivity contribution in [3.05, 3.63) is 71.8 Å². The van der Waals surface area contributed by atoms with E-state index in [4.69, 9.17) is 4.74 Å². The Balaban J connectivity index is 1.92. The van der Waals surface area contributed by atoms with Gasteiger partial charge in [0.05, 0.1) is 11.0 Å². The molecule has 2 aromatic rings. The van der Waals surface area contributed by atoms with Gasteiger partial charge in [0.1, 0.15) is 0 Å². The summed E-state index contributed by atoms with van der Waals surface area (Å²) in [5.41, 5.74) is 1.72. The fourth-order valence-electron chi connectivity index (χ4n) is 2.46. The molecule has 1 unspecified atom stereocenters. The number of carbonyl (C=O) groups is 1. The van der Waals surface area contributed by atoms with E-state index in [0.29, 0.717) is 13.1 Å². The number of ether oxygens (including phenoxy) is 1. The first-order valence-electron chi connectivity index (χ1n) is 8.59. The highest BCUT2D eigenvalue weighted by Gasteiger charge is 2.12. The normalized spacial score (nSPS) is 12.8. The van der Waals surface area contributed by atoms with Crippen LogP contribution in [0.3, 0.4) is 0 Å². The highest BCUT2D eigenvalue weighted by molar-refractivity contribution is 7.89. The zero-order valence-electron chi connectivity index (χ0n) is 15.4. The topological polar surface area (TPSA) is 84.5 Å². The first-order chi connectivity index (χ1) is 13.0. The highest BCUT2D eigenvalue weighted by Crippen LogP contribution is 2.15. The number of hydrogen-bond acceptors (Lipinski definition) is 4. The Kier molecular flexibility index (Phi) is 7.72. The van der Waals surface area contributed by atoms with Gasteiger partial charge in [-0.2, -0.15) is 0 Å². The standard InChI is InChI=1S/C20H24N2O4S/c1-3-22-27(24,25)18-12-9-16(10-13-18)11-14-20(23)21-15-19(26-2)17-7-5-4-6-8-17/h4-14,19,22H,3,15H2,1-2H3,(H,21,23)/b14-11+. The maximum absolute atomic E-state index is 12.0. The summed E-state index contributed by atoms with van der Waals surface area (Å²) < 4.78 is 31.6. The summed E-state index contributed by atoms with van der Waals surface area (Å²) in [4.78, 5) is 12.2. The number of amides is 1. The molecule has 2 N–H and O–H groups in total. The molecular weight excluding hydrogens is 364 g/mol. The van der Waals surface area contributed by atoms with Crippen LogP contribution in [-0.2, 0) is 19.6 Å². The zero-order chi connectivity index (χ0) is 19.7. The molecule has 0 saturated heterocycles. The molecule has 2 rings (SSSR count). The molecule has 1 atom stereocenters. The molecule has 0 spiro atoms. The Morgan fingerprint density at radius 2 is 1.78 bits per heavy atom. The molecule has 2 aromatic carbocycles. The molecule has 1 amide bonds. The second-order valence-electron chi connectivity index (χ2n) is 5.78. The third kappa shape index (κ3) is 6.32. The van der Waals surface area contributed by atoms with Crippen molar-refractivity contribution >= 4 is 22.0 Å². The number of nitrogens with one attached hydrogen (secondary N) is 2. The third-order valence-corrected chi connectivity index (χ3v) is 5.43. The maximum Gasteiger partial charge on any atom is 0.244 e. The Labute approximate surface area is 160 Å². The lowest BCUT2D eigenvalue weighted by Gasteiger charge is -2.15. The van der Waals surface area contributed by atoms with E-state index in [1.807, 2.05) is 30.3 Å². The Morgan fingerprint density at radius 1 is 1.11 bits per heavy atom. The van der Waals surface area contributed by atoms with E-state index >= 15 is 0 Å². The predicted molar refractivity (Wildman–Crippen MR) is 106 cm³/mol. The smallest absolute Gasteiger partial charge is 0.244 e.